The van der Waals surface area contributed by atoms with Gasteiger partial charge in [0.05, 0.1) is 12.1 Å². The van der Waals surface area contributed by atoms with Crippen LogP contribution in [0.3, 0.4) is 0 Å². The molecule has 0 aromatic carbocycles. The smallest absolute Gasteiger partial charge is 0.240 e. The molecule has 0 amide bonds. The molecule has 5 nitrogen and oxygen atoms in total. The number of hydrogen-bond donors (Lipinski definition) is 1. The van der Waals surface area contributed by atoms with E-state index in [4.69, 9.17) is 4.52 Å². The van der Waals surface area contributed by atoms with E-state index in [1.807, 2.05) is 13.8 Å². The fourth-order valence-corrected chi connectivity index (χ4v) is 2.07. The van der Waals surface area contributed by atoms with Gasteiger partial charge in [-0.2, -0.15) is 4.98 Å². The van der Waals surface area contributed by atoms with Crippen molar-refractivity contribution in [1.82, 2.24) is 15.0 Å². The van der Waals surface area contributed by atoms with Gasteiger partial charge in [0.25, 0.3) is 0 Å². The quantitative estimate of drug-likeness (QED) is 0.817. The normalized spacial score (nSPS) is 27.9. The summed E-state index contributed by atoms with van der Waals surface area (Å²) >= 11 is 0. The summed E-state index contributed by atoms with van der Waals surface area (Å²) in [6, 6.07) is 0. The standard InChI is InChI=1S/C11H19N3O2/c1-9-12-10(16-13-9)8-14-6-3-4-11(2,15)5-7-14/h15H,3-8H2,1-2H3. The van der Waals surface area contributed by atoms with Crippen molar-refractivity contribution in [3.8, 4) is 0 Å². The van der Waals surface area contributed by atoms with E-state index in [1.54, 1.807) is 0 Å². The minimum Gasteiger partial charge on any atom is -0.390 e. The first kappa shape index (κ1) is 11.5. The number of rotatable bonds is 2. The fourth-order valence-electron chi connectivity index (χ4n) is 2.07. The predicted molar refractivity (Wildman–Crippen MR) is 58.8 cm³/mol. The van der Waals surface area contributed by atoms with E-state index in [0.717, 1.165) is 32.4 Å². The van der Waals surface area contributed by atoms with Crippen LogP contribution in [-0.2, 0) is 6.54 Å². The summed E-state index contributed by atoms with van der Waals surface area (Å²) in [5.74, 6) is 1.34. The molecule has 5 heteroatoms. The average Bonchev–Trinajstić information content (AvgIpc) is 2.52. The van der Waals surface area contributed by atoms with Crippen LogP contribution in [0.2, 0.25) is 0 Å². The molecule has 0 radical (unpaired) electrons. The summed E-state index contributed by atoms with van der Waals surface area (Å²) in [4.78, 5) is 6.45. The highest BCUT2D eigenvalue weighted by atomic mass is 16.5. The number of nitrogens with zero attached hydrogens (tertiary/aromatic N) is 3. The van der Waals surface area contributed by atoms with Crippen LogP contribution in [0.15, 0.2) is 4.52 Å². The molecular weight excluding hydrogens is 206 g/mol. The van der Waals surface area contributed by atoms with E-state index in [-0.39, 0.29) is 0 Å². The van der Waals surface area contributed by atoms with Gasteiger partial charge in [-0.25, -0.2) is 0 Å². The maximum absolute atomic E-state index is 9.96. The van der Waals surface area contributed by atoms with E-state index in [1.165, 1.54) is 0 Å². The van der Waals surface area contributed by atoms with E-state index >= 15 is 0 Å². The Bertz CT molecular complexity index is 349. The van der Waals surface area contributed by atoms with Crippen molar-refractivity contribution in [3.63, 3.8) is 0 Å². The lowest BCUT2D eigenvalue weighted by Gasteiger charge is -2.21. The van der Waals surface area contributed by atoms with Crippen LogP contribution in [0.1, 0.15) is 37.9 Å². The predicted octanol–water partition coefficient (Wildman–Crippen LogP) is 1.11. The topological polar surface area (TPSA) is 62.4 Å². The lowest BCUT2D eigenvalue weighted by atomic mass is 9.98. The van der Waals surface area contributed by atoms with Crippen molar-refractivity contribution in [1.29, 1.82) is 0 Å². The van der Waals surface area contributed by atoms with Gasteiger partial charge in [0.1, 0.15) is 0 Å². The Morgan fingerprint density at radius 3 is 2.94 bits per heavy atom. The van der Waals surface area contributed by atoms with Crippen LogP contribution in [0.5, 0.6) is 0 Å². The third-order valence-electron chi connectivity index (χ3n) is 3.08. The zero-order valence-corrected chi connectivity index (χ0v) is 9.94. The summed E-state index contributed by atoms with van der Waals surface area (Å²) in [6.07, 6.45) is 2.69. The van der Waals surface area contributed by atoms with Crippen LogP contribution in [0.25, 0.3) is 0 Å². The van der Waals surface area contributed by atoms with Crippen LogP contribution in [0.4, 0.5) is 0 Å². The average molecular weight is 225 g/mol. The van der Waals surface area contributed by atoms with Gasteiger partial charge in [0.2, 0.25) is 5.89 Å². The van der Waals surface area contributed by atoms with Crippen LogP contribution in [0, 0.1) is 6.92 Å². The third kappa shape index (κ3) is 3.02. The molecule has 1 saturated heterocycles. The summed E-state index contributed by atoms with van der Waals surface area (Å²) in [5.41, 5.74) is -0.514. The number of hydrogen-bond acceptors (Lipinski definition) is 5. The van der Waals surface area contributed by atoms with Crippen molar-refractivity contribution < 1.29 is 9.63 Å². The Hall–Kier alpha value is -0.940. The van der Waals surface area contributed by atoms with Crippen molar-refractivity contribution in [2.75, 3.05) is 13.1 Å². The van der Waals surface area contributed by atoms with Crippen LogP contribution >= 0.6 is 0 Å². The molecule has 2 rings (SSSR count). The zero-order valence-electron chi connectivity index (χ0n) is 9.94. The maximum Gasteiger partial charge on any atom is 0.240 e. The maximum atomic E-state index is 9.96. The molecule has 0 aliphatic carbocycles. The van der Waals surface area contributed by atoms with Gasteiger partial charge in [-0.1, -0.05) is 5.16 Å². The van der Waals surface area contributed by atoms with Gasteiger partial charge in [-0.3, -0.25) is 4.90 Å². The monoisotopic (exact) mass is 225 g/mol. The van der Waals surface area contributed by atoms with E-state index in [2.05, 4.69) is 15.0 Å². The van der Waals surface area contributed by atoms with Crippen molar-refractivity contribution >= 4 is 0 Å². The molecule has 1 N–H and O–H groups in total. The lowest BCUT2D eigenvalue weighted by molar-refractivity contribution is 0.0440. The largest absolute Gasteiger partial charge is 0.390 e. The number of aromatic nitrogens is 2. The first-order chi connectivity index (χ1) is 7.55. The van der Waals surface area contributed by atoms with Gasteiger partial charge >= 0.3 is 0 Å². The Morgan fingerprint density at radius 2 is 2.25 bits per heavy atom. The Labute approximate surface area is 95.4 Å². The second-order valence-corrected chi connectivity index (χ2v) is 4.86. The summed E-state index contributed by atoms with van der Waals surface area (Å²) in [5, 5.41) is 13.7. The van der Waals surface area contributed by atoms with Crippen molar-refractivity contribution in [3.05, 3.63) is 11.7 Å². The second kappa shape index (κ2) is 4.51. The SMILES string of the molecule is Cc1noc(CN2CCCC(C)(O)CC2)n1. The molecule has 1 unspecified atom stereocenters. The van der Waals surface area contributed by atoms with Crippen molar-refractivity contribution in [2.45, 2.75) is 45.3 Å². The summed E-state index contributed by atoms with van der Waals surface area (Å²) < 4.78 is 5.09. The number of aryl methyl sites for hydroxylation is 1. The highest BCUT2D eigenvalue weighted by Crippen LogP contribution is 2.22. The van der Waals surface area contributed by atoms with Gasteiger partial charge in [-0.15, -0.1) is 0 Å². The molecule has 2 heterocycles. The Kier molecular flexibility index (Phi) is 3.25. The van der Waals surface area contributed by atoms with Gasteiger partial charge in [0, 0.05) is 6.54 Å². The molecule has 0 bridgehead atoms. The van der Waals surface area contributed by atoms with Crippen LogP contribution < -0.4 is 0 Å². The molecule has 1 aromatic heterocycles. The number of likely N-dealkylation sites (tertiary alicyclic amines) is 1. The van der Waals surface area contributed by atoms with Gasteiger partial charge in [-0.05, 0) is 39.7 Å². The molecule has 1 aliphatic rings. The zero-order chi connectivity index (χ0) is 11.6. The molecule has 1 atom stereocenters. The molecule has 90 valence electrons. The Morgan fingerprint density at radius 1 is 1.44 bits per heavy atom. The van der Waals surface area contributed by atoms with E-state index in [0.29, 0.717) is 18.3 Å². The number of aliphatic hydroxyl groups is 1. The minimum absolute atomic E-state index is 0.514. The van der Waals surface area contributed by atoms with E-state index < -0.39 is 5.60 Å². The van der Waals surface area contributed by atoms with E-state index in [9.17, 15) is 5.11 Å². The molecule has 1 aliphatic heterocycles. The molecule has 16 heavy (non-hydrogen) atoms. The van der Waals surface area contributed by atoms with Crippen LogP contribution in [-0.4, -0.2) is 38.8 Å². The Balaban J connectivity index is 1.91. The fraction of sp³-hybridized carbons (Fsp3) is 0.818. The first-order valence-corrected chi connectivity index (χ1v) is 5.79. The molecule has 1 fully saturated rings. The van der Waals surface area contributed by atoms with Gasteiger partial charge in [0.15, 0.2) is 5.82 Å². The minimum atomic E-state index is -0.514. The summed E-state index contributed by atoms with van der Waals surface area (Å²) in [7, 11) is 0. The third-order valence-corrected chi connectivity index (χ3v) is 3.08. The van der Waals surface area contributed by atoms with Gasteiger partial charge < -0.3 is 9.63 Å². The summed E-state index contributed by atoms with van der Waals surface area (Å²) in [6.45, 7) is 6.29. The second-order valence-electron chi connectivity index (χ2n) is 4.86. The highest BCUT2D eigenvalue weighted by Gasteiger charge is 2.25. The molecule has 0 saturated carbocycles. The highest BCUT2D eigenvalue weighted by molar-refractivity contribution is 4.85. The van der Waals surface area contributed by atoms with Crippen molar-refractivity contribution in [2.24, 2.45) is 0 Å². The first-order valence-electron chi connectivity index (χ1n) is 5.79. The molecule has 1 aromatic rings. The molecule has 0 spiro atoms. The molecular formula is C11H19N3O2. The lowest BCUT2D eigenvalue weighted by Crippen LogP contribution is -2.28.